The van der Waals surface area contributed by atoms with E-state index in [0.29, 0.717) is 32.9 Å². The SMILES string of the molecule is NC(=O)c1nn(CC(=O)N2CC(F)CC2C(=O)Nc2[nH]ccc2-c2ccccc2Cl)c2ccc(-c3ccnnc3)cc12. The highest BCUT2D eigenvalue weighted by molar-refractivity contribution is 6.33. The highest BCUT2D eigenvalue weighted by atomic mass is 35.5. The highest BCUT2D eigenvalue weighted by Crippen LogP contribution is 2.33. The molecule has 6 rings (SSSR count). The van der Waals surface area contributed by atoms with Gasteiger partial charge in [0.05, 0.1) is 24.5 Å². The number of fused-ring (bicyclic) bond motifs is 1. The van der Waals surface area contributed by atoms with Crippen LogP contribution in [0, 0.1) is 0 Å². The number of halogens is 2. The number of amides is 3. The number of aromatic nitrogens is 5. The number of likely N-dealkylation sites (tertiary alicyclic amines) is 1. The van der Waals surface area contributed by atoms with Gasteiger partial charge in [0.25, 0.3) is 5.91 Å². The maximum Gasteiger partial charge on any atom is 0.269 e. The van der Waals surface area contributed by atoms with Crippen molar-refractivity contribution in [3.63, 3.8) is 0 Å². The van der Waals surface area contributed by atoms with Gasteiger partial charge >= 0.3 is 0 Å². The summed E-state index contributed by atoms with van der Waals surface area (Å²) in [6, 6.07) is 14.9. The summed E-state index contributed by atoms with van der Waals surface area (Å²) < 4.78 is 16.0. The predicted octanol–water partition coefficient (Wildman–Crippen LogP) is 3.82. The van der Waals surface area contributed by atoms with E-state index in [1.807, 2.05) is 12.1 Å². The number of hydrogen-bond donors (Lipinski definition) is 3. The molecule has 3 amide bonds. The van der Waals surface area contributed by atoms with Crippen LogP contribution in [0.4, 0.5) is 10.2 Å². The lowest BCUT2D eigenvalue weighted by atomic mass is 10.0. The molecule has 13 heteroatoms. The Bertz CT molecular complexity index is 1820. The molecule has 2 aromatic carbocycles. The predicted molar refractivity (Wildman–Crippen MR) is 154 cm³/mol. The number of alkyl halides is 1. The molecule has 0 spiro atoms. The molecule has 1 aliphatic rings. The van der Waals surface area contributed by atoms with Crippen LogP contribution in [0.3, 0.4) is 0 Å². The Morgan fingerprint density at radius 2 is 1.90 bits per heavy atom. The maximum absolute atomic E-state index is 14.6. The fourth-order valence-corrected chi connectivity index (χ4v) is 5.47. The van der Waals surface area contributed by atoms with Gasteiger partial charge in [-0.3, -0.25) is 19.1 Å². The first-order chi connectivity index (χ1) is 20.3. The first-order valence-corrected chi connectivity index (χ1v) is 13.4. The Morgan fingerprint density at radius 3 is 2.67 bits per heavy atom. The quantitative estimate of drug-likeness (QED) is 0.264. The van der Waals surface area contributed by atoms with Crippen LogP contribution in [-0.2, 0) is 16.1 Å². The number of aromatic amines is 1. The molecular weight excluding hydrogens is 563 g/mol. The standard InChI is InChI=1S/C29H24ClFN8O3/c30-22-4-2-1-3-19(22)20-8-9-33-28(20)36-29(42)24-12-18(31)14-38(24)25(40)15-39-23-6-5-16(17-7-10-34-35-13-17)11-21(23)26(37-39)27(32)41/h1-11,13,18,24,33H,12,14-15H2,(H2,32,41)(H,36,42). The zero-order valence-corrected chi connectivity index (χ0v) is 22.8. The van der Waals surface area contributed by atoms with E-state index in [0.717, 1.165) is 11.1 Å². The fourth-order valence-electron chi connectivity index (χ4n) is 5.23. The molecule has 0 aliphatic carbocycles. The average molecular weight is 587 g/mol. The number of carbonyl (C=O) groups excluding carboxylic acids is 3. The molecule has 212 valence electrons. The zero-order valence-electron chi connectivity index (χ0n) is 22.0. The molecule has 4 N–H and O–H groups in total. The molecule has 2 unspecified atom stereocenters. The van der Waals surface area contributed by atoms with Crippen LogP contribution in [0.5, 0.6) is 0 Å². The summed E-state index contributed by atoms with van der Waals surface area (Å²) >= 11 is 6.34. The second kappa shape index (κ2) is 11.1. The number of primary amides is 1. The molecule has 42 heavy (non-hydrogen) atoms. The smallest absolute Gasteiger partial charge is 0.269 e. The van der Waals surface area contributed by atoms with Gasteiger partial charge in [-0.15, -0.1) is 0 Å². The Labute approximate surface area is 243 Å². The molecule has 0 radical (unpaired) electrons. The van der Waals surface area contributed by atoms with Crippen molar-refractivity contribution in [2.45, 2.75) is 25.2 Å². The summed E-state index contributed by atoms with van der Waals surface area (Å²) in [5, 5.41) is 15.7. The van der Waals surface area contributed by atoms with Crippen molar-refractivity contribution < 1.29 is 18.8 Å². The Hall–Kier alpha value is -5.10. The van der Waals surface area contributed by atoms with E-state index >= 15 is 0 Å². The minimum absolute atomic E-state index is 0.0143. The molecule has 0 saturated carbocycles. The van der Waals surface area contributed by atoms with E-state index in [9.17, 15) is 18.8 Å². The summed E-state index contributed by atoms with van der Waals surface area (Å²) in [5.41, 5.74) is 8.95. The summed E-state index contributed by atoms with van der Waals surface area (Å²) in [4.78, 5) is 43.2. The molecule has 5 aromatic rings. The second-order valence-electron chi connectivity index (χ2n) is 9.86. The van der Waals surface area contributed by atoms with Crippen LogP contribution in [0.1, 0.15) is 16.9 Å². The third-order valence-corrected chi connectivity index (χ3v) is 7.55. The van der Waals surface area contributed by atoms with E-state index in [-0.39, 0.29) is 25.2 Å². The van der Waals surface area contributed by atoms with Crippen LogP contribution in [-0.4, -0.2) is 66.3 Å². The molecule has 1 saturated heterocycles. The van der Waals surface area contributed by atoms with Gasteiger partial charge in [0.15, 0.2) is 5.69 Å². The van der Waals surface area contributed by atoms with Gasteiger partial charge in [-0.1, -0.05) is 35.9 Å². The first kappa shape index (κ1) is 27.1. The van der Waals surface area contributed by atoms with Crippen molar-refractivity contribution in [2.24, 2.45) is 5.73 Å². The van der Waals surface area contributed by atoms with Crippen LogP contribution >= 0.6 is 11.6 Å². The maximum atomic E-state index is 14.6. The van der Waals surface area contributed by atoms with Crippen LogP contribution < -0.4 is 11.1 Å². The van der Waals surface area contributed by atoms with E-state index in [2.05, 4.69) is 25.6 Å². The summed E-state index contributed by atoms with van der Waals surface area (Å²) in [6.07, 6.45) is 3.23. The molecule has 0 bridgehead atoms. The lowest BCUT2D eigenvalue weighted by Crippen LogP contribution is -2.44. The summed E-state index contributed by atoms with van der Waals surface area (Å²) in [7, 11) is 0. The van der Waals surface area contributed by atoms with Gasteiger partial charge in [-0.05, 0) is 35.9 Å². The van der Waals surface area contributed by atoms with Gasteiger partial charge < -0.3 is 20.9 Å². The van der Waals surface area contributed by atoms with E-state index < -0.39 is 29.9 Å². The number of nitrogens with two attached hydrogens (primary N) is 1. The largest absolute Gasteiger partial charge is 0.364 e. The fraction of sp³-hybridized carbons (Fsp3) is 0.172. The molecular formula is C29H24ClFN8O3. The van der Waals surface area contributed by atoms with Crippen molar-refractivity contribution in [1.29, 1.82) is 0 Å². The number of H-pyrrole nitrogens is 1. The second-order valence-corrected chi connectivity index (χ2v) is 10.3. The molecule has 3 aromatic heterocycles. The Morgan fingerprint density at radius 1 is 1.07 bits per heavy atom. The number of benzene rings is 2. The van der Waals surface area contributed by atoms with Crippen molar-refractivity contribution in [1.82, 2.24) is 29.9 Å². The van der Waals surface area contributed by atoms with Gasteiger partial charge in [0, 0.05) is 39.7 Å². The van der Waals surface area contributed by atoms with Gasteiger partial charge in [0.2, 0.25) is 11.8 Å². The number of hydrogen-bond acceptors (Lipinski definition) is 6. The minimum Gasteiger partial charge on any atom is -0.364 e. The number of nitrogens with zero attached hydrogens (tertiary/aromatic N) is 5. The third kappa shape index (κ3) is 5.07. The zero-order chi connectivity index (χ0) is 29.4. The highest BCUT2D eigenvalue weighted by Gasteiger charge is 2.40. The van der Waals surface area contributed by atoms with Crippen molar-refractivity contribution in [2.75, 3.05) is 11.9 Å². The van der Waals surface area contributed by atoms with Crippen molar-refractivity contribution in [3.05, 3.63) is 83.9 Å². The van der Waals surface area contributed by atoms with Crippen LogP contribution in [0.25, 0.3) is 33.2 Å². The van der Waals surface area contributed by atoms with Crippen molar-refractivity contribution >= 4 is 46.0 Å². The monoisotopic (exact) mass is 586 g/mol. The lowest BCUT2D eigenvalue weighted by Gasteiger charge is -2.24. The van der Waals surface area contributed by atoms with Gasteiger partial charge in [-0.25, -0.2) is 4.39 Å². The van der Waals surface area contributed by atoms with E-state index in [1.165, 1.54) is 9.58 Å². The van der Waals surface area contributed by atoms with Crippen LogP contribution in [0.2, 0.25) is 5.02 Å². The average Bonchev–Trinajstić information content (AvgIpc) is 3.71. The van der Waals surface area contributed by atoms with Crippen molar-refractivity contribution in [3.8, 4) is 22.3 Å². The van der Waals surface area contributed by atoms with E-state index in [4.69, 9.17) is 17.3 Å². The summed E-state index contributed by atoms with van der Waals surface area (Å²) in [5.74, 6) is -1.46. The Balaban J connectivity index is 1.25. The molecule has 1 fully saturated rings. The number of nitrogens with one attached hydrogen (secondary N) is 2. The number of rotatable bonds is 7. The molecule has 2 atom stereocenters. The normalized spacial score (nSPS) is 16.6. The van der Waals surface area contributed by atoms with Crippen LogP contribution in [0.15, 0.2) is 73.2 Å². The molecule has 1 aliphatic heterocycles. The Kier molecular flexibility index (Phi) is 7.13. The topological polar surface area (TPSA) is 152 Å². The first-order valence-electron chi connectivity index (χ1n) is 13.0. The van der Waals surface area contributed by atoms with E-state index in [1.54, 1.807) is 61.1 Å². The van der Waals surface area contributed by atoms with Gasteiger partial charge in [0.1, 0.15) is 24.6 Å². The number of anilines is 1. The lowest BCUT2D eigenvalue weighted by molar-refractivity contribution is -0.137. The minimum atomic E-state index is -1.39. The van der Waals surface area contributed by atoms with Gasteiger partial charge in [-0.2, -0.15) is 15.3 Å². The third-order valence-electron chi connectivity index (χ3n) is 7.22. The molecule has 4 heterocycles. The summed E-state index contributed by atoms with van der Waals surface area (Å²) in [6.45, 7) is -0.579. The number of carbonyl (C=O) groups is 3. The molecule has 11 nitrogen and oxygen atoms in total.